The second-order valence-electron chi connectivity index (χ2n) is 4.79. The van der Waals surface area contributed by atoms with Crippen molar-refractivity contribution < 1.29 is 14.5 Å². The Balaban J connectivity index is 2.34. The molecule has 0 N–H and O–H groups in total. The summed E-state index contributed by atoms with van der Waals surface area (Å²) < 4.78 is 1.83. The topological polar surface area (TPSA) is 84.2 Å². The van der Waals surface area contributed by atoms with Gasteiger partial charge in [-0.3, -0.25) is 4.84 Å². The number of hydrogen-bond acceptors (Lipinski definition) is 6. The largest absolute Gasteiger partial charge is 0.378 e. The highest BCUT2D eigenvalue weighted by Gasteiger charge is 2.09. The zero-order valence-corrected chi connectivity index (χ0v) is 12.5. The lowest BCUT2D eigenvalue weighted by atomic mass is 10.2. The Morgan fingerprint density at radius 2 is 2.05 bits per heavy atom. The van der Waals surface area contributed by atoms with Crippen molar-refractivity contribution in [3.05, 3.63) is 52.8 Å². The highest BCUT2D eigenvalue weighted by atomic mass is 17.0. The molecule has 0 aliphatic carbocycles. The molecule has 2 aromatic rings. The van der Waals surface area contributed by atoms with E-state index in [2.05, 4.69) is 15.1 Å². The van der Waals surface area contributed by atoms with Gasteiger partial charge in [0.25, 0.3) is 5.09 Å². The summed E-state index contributed by atoms with van der Waals surface area (Å²) in [6.45, 7) is 0. The zero-order chi connectivity index (χ0) is 16.1. The minimum atomic E-state index is -0.865. The molecular weight excluding hydrogens is 286 g/mol. The number of rotatable bonds is 5. The first kappa shape index (κ1) is 15.4. The van der Waals surface area contributed by atoms with Crippen molar-refractivity contribution in [3.8, 4) is 5.75 Å². The van der Waals surface area contributed by atoms with Gasteiger partial charge < -0.3 is 4.90 Å². The molecule has 0 aliphatic rings. The fraction of sp³-hybridized carbons (Fsp3) is 0.214. The van der Waals surface area contributed by atoms with Crippen molar-refractivity contribution in [1.29, 1.82) is 0 Å². The van der Waals surface area contributed by atoms with Crippen LogP contribution in [0.5, 0.6) is 5.75 Å². The fourth-order valence-corrected chi connectivity index (χ4v) is 1.76. The normalized spacial score (nSPS) is 10.7. The van der Waals surface area contributed by atoms with Crippen molar-refractivity contribution >= 4 is 17.1 Å². The number of benzene rings is 1. The third kappa shape index (κ3) is 3.98. The third-order valence-electron chi connectivity index (χ3n) is 2.83. The van der Waals surface area contributed by atoms with Gasteiger partial charge in [0.15, 0.2) is 18.1 Å². The van der Waals surface area contributed by atoms with E-state index in [4.69, 9.17) is 0 Å². The van der Waals surface area contributed by atoms with Gasteiger partial charge in [0, 0.05) is 25.8 Å². The van der Waals surface area contributed by atoms with Gasteiger partial charge >= 0.3 is 0 Å². The summed E-state index contributed by atoms with van der Waals surface area (Å²) in [6.07, 6.45) is 3.65. The van der Waals surface area contributed by atoms with Crippen LogP contribution in [0.2, 0.25) is 0 Å². The van der Waals surface area contributed by atoms with Crippen molar-refractivity contribution in [3.63, 3.8) is 0 Å². The van der Waals surface area contributed by atoms with Gasteiger partial charge in [0.05, 0.1) is 0 Å². The molecule has 0 radical (unpaired) electrons. The van der Waals surface area contributed by atoms with Crippen LogP contribution in [-0.4, -0.2) is 19.2 Å². The lowest BCUT2D eigenvalue weighted by Crippen LogP contribution is -2.25. The number of aryl methyl sites for hydroxylation is 1. The van der Waals surface area contributed by atoms with E-state index in [9.17, 15) is 10.1 Å². The van der Waals surface area contributed by atoms with Crippen LogP contribution in [0.25, 0.3) is 0 Å². The smallest absolute Gasteiger partial charge is 0.299 e. The summed E-state index contributed by atoms with van der Waals surface area (Å²) in [7, 11) is 5.53. The molecule has 114 valence electrons. The Morgan fingerprint density at radius 1 is 1.27 bits per heavy atom. The first-order valence-corrected chi connectivity index (χ1v) is 6.46. The van der Waals surface area contributed by atoms with Crippen molar-refractivity contribution in [2.45, 2.75) is 0 Å². The Kier molecular flexibility index (Phi) is 4.62. The molecule has 0 unspecified atom stereocenters. The van der Waals surface area contributed by atoms with Crippen LogP contribution in [0.4, 0.5) is 17.1 Å². The Labute approximate surface area is 127 Å². The van der Waals surface area contributed by atoms with Crippen LogP contribution in [0, 0.1) is 10.1 Å². The molecule has 2 rings (SSSR count). The molecule has 0 spiro atoms. The van der Waals surface area contributed by atoms with Crippen LogP contribution in [-0.2, 0) is 7.05 Å². The van der Waals surface area contributed by atoms with Crippen molar-refractivity contribution in [2.24, 2.45) is 17.3 Å². The maximum atomic E-state index is 10.6. The predicted octanol–water partition coefficient (Wildman–Crippen LogP) is 2.56. The average molecular weight is 302 g/mol. The quantitative estimate of drug-likeness (QED) is 0.368. The van der Waals surface area contributed by atoms with E-state index in [0.29, 0.717) is 5.69 Å². The number of hydrogen-bond donors (Lipinski definition) is 0. The van der Waals surface area contributed by atoms with Gasteiger partial charge in [-0.2, -0.15) is 0 Å². The highest BCUT2D eigenvalue weighted by molar-refractivity contribution is 5.61. The van der Waals surface area contributed by atoms with Gasteiger partial charge in [0.2, 0.25) is 0 Å². The van der Waals surface area contributed by atoms with Crippen LogP contribution in [0.1, 0.15) is 0 Å². The van der Waals surface area contributed by atoms with Crippen molar-refractivity contribution in [2.75, 3.05) is 19.0 Å². The molecule has 0 saturated carbocycles. The summed E-state index contributed by atoms with van der Waals surface area (Å²) >= 11 is 0. The Morgan fingerprint density at radius 3 is 2.68 bits per heavy atom. The summed E-state index contributed by atoms with van der Waals surface area (Å²) in [6, 6.07) is 8.57. The van der Waals surface area contributed by atoms with Gasteiger partial charge in [-0.25, -0.2) is 4.57 Å². The zero-order valence-electron chi connectivity index (χ0n) is 12.5. The summed E-state index contributed by atoms with van der Waals surface area (Å²) in [5.74, 6) is 0.0419. The van der Waals surface area contributed by atoms with E-state index in [-0.39, 0.29) is 11.4 Å². The molecular formula is C14H16N5O3+. The molecule has 1 aromatic carbocycles. The van der Waals surface area contributed by atoms with E-state index in [1.165, 1.54) is 0 Å². The van der Waals surface area contributed by atoms with Crippen LogP contribution >= 0.6 is 0 Å². The maximum absolute atomic E-state index is 10.6. The number of nitrogens with zero attached hydrogens (tertiary/aromatic N) is 5. The number of aromatic nitrogens is 1. The molecule has 0 saturated heterocycles. The van der Waals surface area contributed by atoms with E-state index in [1.807, 2.05) is 42.9 Å². The van der Waals surface area contributed by atoms with E-state index < -0.39 is 5.09 Å². The molecule has 22 heavy (non-hydrogen) atoms. The highest BCUT2D eigenvalue weighted by Crippen LogP contribution is 2.32. The molecule has 1 heterocycles. The Bertz CT molecular complexity index is 715. The second-order valence-corrected chi connectivity index (χ2v) is 4.79. The van der Waals surface area contributed by atoms with Crippen molar-refractivity contribution in [1.82, 2.24) is 0 Å². The lowest BCUT2D eigenvalue weighted by Gasteiger charge is -2.13. The van der Waals surface area contributed by atoms with E-state index in [0.717, 1.165) is 5.69 Å². The standard InChI is InChI=1S/C14H16N5O3/c1-17(2)12-6-7-13(14(9-12)22-19(20)21)16-15-11-5-4-8-18(3)10-11/h4-10H,1-3H3/q+1. The van der Waals surface area contributed by atoms with E-state index in [1.54, 1.807) is 30.5 Å². The number of pyridine rings is 1. The van der Waals surface area contributed by atoms with Gasteiger partial charge in [-0.1, -0.05) is 0 Å². The third-order valence-corrected chi connectivity index (χ3v) is 2.83. The monoisotopic (exact) mass is 302 g/mol. The summed E-state index contributed by atoms with van der Waals surface area (Å²) in [5, 5.41) is 17.9. The van der Waals surface area contributed by atoms with Gasteiger partial charge in [-0.05, 0) is 24.3 Å². The molecule has 0 atom stereocenters. The lowest BCUT2D eigenvalue weighted by molar-refractivity contribution is -0.710. The van der Waals surface area contributed by atoms with Crippen LogP contribution in [0.15, 0.2) is 53.0 Å². The SMILES string of the molecule is CN(C)c1ccc(N=Nc2ccc[n+](C)c2)c(O[N+](=O)[O-])c1. The molecule has 0 amide bonds. The molecule has 8 nitrogen and oxygen atoms in total. The maximum Gasteiger partial charge on any atom is 0.299 e. The minimum Gasteiger partial charge on any atom is -0.378 e. The average Bonchev–Trinajstić information content (AvgIpc) is 2.45. The number of azo groups is 1. The summed E-state index contributed by atoms with van der Waals surface area (Å²) in [5.41, 5.74) is 1.68. The molecule has 0 aliphatic heterocycles. The predicted molar refractivity (Wildman–Crippen MR) is 80.2 cm³/mol. The van der Waals surface area contributed by atoms with Gasteiger partial charge in [0.1, 0.15) is 18.4 Å². The summed E-state index contributed by atoms with van der Waals surface area (Å²) in [4.78, 5) is 17.0. The van der Waals surface area contributed by atoms with Crippen LogP contribution < -0.4 is 14.3 Å². The first-order valence-electron chi connectivity index (χ1n) is 6.46. The molecule has 0 bridgehead atoms. The molecule has 1 aromatic heterocycles. The number of anilines is 1. The minimum absolute atomic E-state index is 0.0419. The van der Waals surface area contributed by atoms with Crippen LogP contribution in [0.3, 0.4) is 0 Å². The molecule has 8 heteroatoms. The Hall–Kier alpha value is -3.03. The fourth-order valence-electron chi connectivity index (χ4n) is 1.76. The second kappa shape index (κ2) is 6.61. The van der Waals surface area contributed by atoms with E-state index >= 15 is 0 Å². The van der Waals surface area contributed by atoms with Gasteiger partial charge in [-0.15, -0.1) is 20.3 Å². The molecule has 0 fully saturated rings. The first-order chi connectivity index (χ1) is 10.5.